The first kappa shape index (κ1) is 23.3. The van der Waals surface area contributed by atoms with E-state index < -0.39 is 10.5 Å². The minimum atomic E-state index is -0.749. The Morgan fingerprint density at radius 3 is 2.44 bits per heavy atom. The molecule has 34 heavy (non-hydrogen) atoms. The van der Waals surface area contributed by atoms with Crippen molar-refractivity contribution in [2.24, 2.45) is 0 Å². The highest BCUT2D eigenvalue weighted by molar-refractivity contribution is 6.02. The molecule has 2 aromatic rings. The maximum atomic E-state index is 13.1. The lowest BCUT2D eigenvalue weighted by molar-refractivity contribution is -0.384. The summed E-state index contributed by atoms with van der Waals surface area (Å²) in [7, 11) is 6.43. The van der Waals surface area contributed by atoms with E-state index in [9.17, 15) is 19.7 Å². The molecule has 180 valence electrons. The van der Waals surface area contributed by atoms with Gasteiger partial charge in [0.15, 0.2) is 17.3 Å². The summed E-state index contributed by atoms with van der Waals surface area (Å²) in [6, 6.07) is 7.85. The Morgan fingerprint density at radius 2 is 1.85 bits per heavy atom. The standard InChI is InChI=1S/C24H27N3O7/c1-25(2)17-7-5-15(13-18(17)27(30)31)23(29)26-11-9-24(10-12-26)14-19(28)16-6-8-20(32-3)22(33-4)21(16)34-24/h5-8,13H,9-12,14H2,1-4H3. The number of ether oxygens (including phenoxy) is 3. The molecule has 2 aliphatic heterocycles. The predicted octanol–water partition coefficient (Wildman–Crippen LogP) is 3.32. The molecule has 0 saturated carbocycles. The summed E-state index contributed by atoms with van der Waals surface area (Å²) < 4.78 is 17.2. The minimum Gasteiger partial charge on any atom is -0.493 e. The summed E-state index contributed by atoms with van der Waals surface area (Å²) >= 11 is 0. The lowest BCUT2D eigenvalue weighted by atomic mass is 9.82. The number of anilines is 1. The third kappa shape index (κ3) is 4.00. The highest BCUT2D eigenvalue weighted by atomic mass is 16.6. The largest absolute Gasteiger partial charge is 0.493 e. The molecule has 2 heterocycles. The molecule has 4 rings (SSSR count). The van der Waals surface area contributed by atoms with Crippen LogP contribution in [0.1, 0.15) is 40.0 Å². The number of piperidine rings is 1. The summed E-state index contributed by atoms with van der Waals surface area (Å²) in [5.74, 6) is 0.885. The summed E-state index contributed by atoms with van der Waals surface area (Å²) in [6.45, 7) is 0.716. The van der Waals surface area contributed by atoms with Crippen LogP contribution in [-0.4, -0.2) is 68.5 Å². The number of carbonyl (C=O) groups is 2. The average Bonchev–Trinajstić information content (AvgIpc) is 2.82. The quantitative estimate of drug-likeness (QED) is 0.484. The zero-order valence-electron chi connectivity index (χ0n) is 19.6. The molecule has 2 aliphatic rings. The number of nitro benzene ring substituents is 1. The van der Waals surface area contributed by atoms with Gasteiger partial charge in [0.25, 0.3) is 11.6 Å². The van der Waals surface area contributed by atoms with E-state index in [-0.39, 0.29) is 29.4 Å². The van der Waals surface area contributed by atoms with E-state index in [1.54, 1.807) is 48.2 Å². The third-order valence-corrected chi connectivity index (χ3v) is 6.46. The highest BCUT2D eigenvalue weighted by Gasteiger charge is 2.45. The third-order valence-electron chi connectivity index (χ3n) is 6.46. The van der Waals surface area contributed by atoms with Crippen LogP contribution >= 0.6 is 0 Å². The van der Waals surface area contributed by atoms with Crippen LogP contribution in [0.15, 0.2) is 30.3 Å². The molecular weight excluding hydrogens is 442 g/mol. The number of hydrogen-bond acceptors (Lipinski definition) is 8. The Morgan fingerprint density at radius 1 is 1.15 bits per heavy atom. The maximum absolute atomic E-state index is 13.1. The SMILES string of the molecule is COc1ccc2c(c1OC)OC1(CCN(C(=O)c3ccc(N(C)C)c([N+](=O)[O-])c3)CC1)CC2=O. The topological polar surface area (TPSA) is 111 Å². The van der Waals surface area contributed by atoms with Crippen molar-refractivity contribution in [3.8, 4) is 17.2 Å². The van der Waals surface area contributed by atoms with Crippen LogP contribution in [-0.2, 0) is 0 Å². The van der Waals surface area contributed by atoms with Crippen LogP contribution in [0.5, 0.6) is 17.2 Å². The van der Waals surface area contributed by atoms with E-state index in [0.717, 1.165) is 0 Å². The fraction of sp³-hybridized carbons (Fsp3) is 0.417. The lowest BCUT2D eigenvalue weighted by Gasteiger charge is -2.44. The van der Waals surface area contributed by atoms with Gasteiger partial charge in [0.2, 0.25) is 5.75 Å². The van der Waals surface area contributed by atoms with Gasteiger partial charge in [0.1, 0.15) is 11.3 Å². The molecule has 0 N–H and O–H groups in total. The van der Waals surface area contributed by atoms with Gasteiger partial charge in [-0.2, -0.15) is 0 Å². The fourth-order valence-electron chi connectivity index (χ4n) is 4.62. The van der Waals surface area contributed by atoms with Crippen molar-refractivity contribution in [3.63, 3.8) is 0 Å². The van der Waals surface area contributed by atoms with Crippen molar-refractivity contribution in [3.05, 3.63) is 51.6 Å². The molecule has 1 fully saturated rings. The van der Waals surface area contributed by atoms with E-state index in [1.807, 2.05) is 0 Å². The Labute approximate surface area is 197 Å². The number of likely N-dealkylation sites (tertiary alicyclic amines) is 1. The summed E-state index contributed by atoms with van der Waals surface area (Å²) in [6.07, 6.45) is 1.10. The Balaban J connectivity index is 1.54. The van der Waals surface area contributed by atoms with Crippen molar-refractivity contribution < 1.29 is 28.7 Å². The van der Waals surface area contributed by atoms with Crippen LogP contribution in [0, 0.1) is 10.1 Å². The molecule has 0 radical (unpaired) electrons. The van der Waals surface area contributed by atoms with Crippen molar-refractivity contribution in [1.82, 2.24) is 4.90 Å². The molecule has 0 unspecified atom stereocenters. The maximum Gasteiger partial charge on any atom is 0.293 e. The molecule has 0 atom stereocenters. The first-order valence-electron chi connectivity index (χ1n) is 10.9. The number of ketones is 1. The van der Waals surface area contributed by atoms with Crippen LogP contribution in [0.2, 0.25) is 0 Å². The van der Waals surface area contributed by atoms with Gasteiger partial charge in [-0.05, 0) is 24.3 Å². The zero-order valence-corrected chi connectivity index (χ0v) is 19.6. The molecule has 0 aliphatic carbocycles. The summed E-state index contributed by atoms with van der Waals surface area (Å²) in [4.78, 5) is 40.3. The van der Waals surface area contributed by atoms with E-state index >= 15 is 0 Å². The van der Waals surface area contributed by atoms with E-state index in [4.69, 9.17) is 14.2 Å². The second-order valence-electron chi connectivity index (χ2n) is 8.71. The average molecular weight is 469 g/mol. The Kier molecular flexibility index (Phi) is 6.07. The van der Waals surface area contributed by atoms with Gasteiger partial charge >= 0.3 is 0 Å². The van der Waals surface area contributed by atoms with Crippen molar-refractivity contribution >= 4 is 23.1 Å². The smallest absolute Gasteiger partial charge is 0.293 e. The molecule has 1 spiro atoms. The van der Waals surface area contributed by atoms with E-state index in [1.165, 1.54) is 20.3 Å². The molecule has 1 amide bonds. The van der Waals surface area contributed by atoms with Gasteiger partial charge in [0, 0.05) is 51.7 Å². The van der Waals surface area contributed by atoms with Crippen molar-refractivity contribution in [2.45, 2.75) is 24.9 Å². The Bertz CT molecular complexity index is 1150. The number of fused-ring (bicyclic) bond motifs is 1. The summed E-state index contributed by atoms with van der Waals surface area (Å²) in [5, 5.41) is 11.5. The molecule has 2 aromatic carbocycles. The number of benzene rings is 2. The van der Waals surface area contributed by atoms with Gasteiger partial charge in [-0.3, -0.25) is 19.7 Å². The van der Waals surface area contributed by atoms with Crippen molar-refractivity contribution in [2.75, 3.05) is 46.3 Å². The first-order chi connectivity index (χ1) is 16.2. The van der Waals surface area contributed by atoms with Crippen LogP contribution in [0.3, 0.4) is 0 Å². The predicted molar refractivity (Wildman–Crippen MR) is 124 cm³/mol. The number of rotatable bonds is 5. The molecular formula is C24H27N3O7. The van der Waals surface area contributed by atoms with Gasteiger partial charge in [-0.15, -0.1) is 0 Å². The second-order valence-corrected chi connectivity index (χ2v) is 8.71. The molecule has 0 aromatic heterocycles. The van der Waals surface area contributed by atoms with Crippen LogP contribution in [0.4, 0.5) is 11.4 Å². The number of amides is 1. The van der Waals surface area contributed by atoms with Crippen molar-refractivity contribution in [1.29, 1.82) is 0 Å². The number of Topliss-reactive ketones (excluding diaryl/α,β-unsaturated/α-hetero) is 1. The molecule has 10 nitrogen and oxygen atoms in total. The van der Waals surface area contributed by atoms with Crippen LogP contribution < -0.4 is 19.1 Å². The minimum absolute atomic E-state index is 0.0446. The zero-order chi connectivity index (χ0) is 24.6. The van der Waals surface area contributed by atoms with Gasteiger partial charge in [-0.25, -0.2) is 0 Å². The first-order valence-corrected chi connectivity index (χ1v) is 10.9. The second kappa shape index (κ2) is 8.85. The van der Waals surface area contributed by atoms with Crippen LogP contribution in [0.25, 0.3) is 0 Å². The van der Waals surface area contributed by atoms with Gasteiger partial charge in [0.05, 0.1) is 31.1 Å². The number of methoxy groups -OCH3 is 2. The highest BCUT2D eigenvalue weighted by Crippen LogP contribution is 2.48. The Hall–Kier alpha value is -3.82. The van der Waals surface area contributed by atoms with Gasteiger partial charge < -0.3 is 24.0 Å². The molecule has 0 bridgehead atoms. The van der Waals surface area contributed by atoms with E-state index in [0.29, 0.717) is 54.4 Å². The molecule has 1 saturated heterocycles. The summed E-state index contributed by atoms with van der Waals surface area (Å²) in [5.41, 5.74) is 0.265. The molecule has 10 heteroatoms. The van der Waals surface area contributed by atoms with E-state index in [2.05, 4.69) is 0 Å². The number of hydrogen-bond donors (Lipinski definition) is 0. The number of carbonyl (C=O) groups excluding carboxylic acids is 2. The monoisotopic (exact) mass is 469 g/mol. The number of nitrogens with zero attached hydrogens (tertiary/aromatic N) is 3. The van der Waals surface area contributed by atoms with Gasteiger partial charge in [-0.1, -0.05) is 0 Å². The fourth-order valence-corrected chi connectivity index (χ4v) is 4.62. The normalized spacial score (nSPS) is 16.5. The lowest BCUT2D eigenvalue weighted by Crippen LogP contribution is -2.52. The number of nitro groups is 1.